The Balaban J connectivity index is 2.28. The molecule has 0 bridgehead atoms. The molecule has 1 aromatic heterocycles. The van der Waals surface area contributed by atoms with Crippen molar-refractivity contribution in [3.8, 4) is 0 Å². The third-order valence-corrected chi connectivity index (χ3v) is 3.60. The molecule has 1 fully saturated rings. The molecule has 1 atom stereocenters. The molecule has 0 aromatic carbocycles. The number of aryl methyl sites for hydroxylation is 1. The summed E-state index contributed by atoms with van der Waals surface area (Å²) < 4.78 is 0. The van der Waals surface area contributed by atoms with Gasteiger partial charge in [-0.25, -0.2) is 0 Å². The van der Waals surface area contributed by atoms with Gasteiger partial charge in [0.1, 0.15) is 6.04 Å². The molecule has 5 nitrogen and oxygen atoms in total. The molecule has 2 heterocycles. The van der Waals surface area contributed by atoms with E-state index in [0.29, 0.717) is 30.8 Å². The molecule has 1 unspecified atom stereocenters. The maximum Gasteiger partial charge on any atom is 0.256 e. The lowest BCUT2D eigenvalue weighted by Crippen LogP contribution is -2.57. The van der Waals surface area contributed by atoms with Crippen molar-refractivity contribution in [3.63, 3.8) is 0 Å². The predicted octanol–water partition coefficient (Wildman–Crippen LogP) is 1.08. The van der Waals surface area contributed by atoms with E-state index in [0.717, 1.165) is 0 Å². The van der Waals surface area contributed by atoms with E-state index in [-0.39, 0.29) is 17.9 Å². The van der Waals surface area contributed by atoms with Crippen LogP contribution in [0.1, 0.15) is 29.4 Å². The molecular formula is C14H19N3O2. The second kappa shape index (κ2) is 5.38. The molecule has 0 radical (unpaired) electrons. The molecule has 2 rings (SSSR count). The van der Waals surface area contributed by atoms with Gasteiger partial charge in [-0.05, 0) is 25.5 Å². The number of amides is 2. The van der Waals surface area contributed by atoms with E-state index in [4.69, 9.17) is 0 Å². The Morgan fingerprint density at radius 3 is 2.84 bits per heavy atom. The number of piperazine rings is 1. The fourth-order valence-electron chi connectivity index (χ4n) is 2.41. The van der Waals surface area contributed by atoms with Crippen LogP contribution in [0.25, 0.3) is 0 Å². The fraction of sp³-hybridized carbons (Fsp3) is 0.500. The minimum atomic E-state index is -0.356. The first-order valence-electron chi connectivity index (χ1n) is 6.53. The molecule has 5 heteroatoms. The summed E-state index contributed by atoms with van der Waals surface area (Å²) in [5.41, 5.74) is 1.28. The first kappa shape index (κ1) is 13.5. The zero-order valence-electron chi connectivity index (χ0n) is 11.6. The summed E-state index contributed by atoms with van der Waals surface area (Å²) in [5.74, 6) is -0.0810. The highest BCUT2D eigenvalue weighted by Crippen LogP contribution is 2.17. The van der Waals surface area contributed by atoms with Crippen LogP contribution in [-0.4, -0.2) is 52.8 Å². The van der Waals surface area contributed by atoms with Crippen LogP contribution in [0.5, 0.6) is 0 Å². The molecule has 1 saturated heterocycles. The summed E-state index contributed by atoms with van der Waals surface area (Å²) in [6.45, 7) is 4.90. The quantitative estimate of drug-likeness (QED) is 0.800. The van der Waals surface area contributed by atoms with Crippen molar-refractivity contribution >= 4 is 11.8 Å². The van der Waals surface area contributed by atoms with Crippen molar-refractivity contribution in [2.75, 3.05) is 20.1 Å². The average molecular weight is 261 g/mol. The average Bonchev–Trinajstić information content (AvgIpc) is 2.41. The number of hydrogen-bond acceptors (Lipinski definition) is 3. The largest absolute Gasteiger partial charge is 0.342 e. The van der Waals surface area contributed by atoms with Crippen molar-refractivity contribution < 1.29 is 9.59 Å². The van der Waals surface area contributed by atoms with Crippen molar-refractivity contribution in [2.45, 2.75) is 26.3 Å². The van der Waals surface area contributed by atoms with Crippen LogP contribution in [0, 0.1) is 6.92 Å². The second-order valence-electron chi connectivity index (χ2n) is 4.82. The van der Waals surface area contributed by atoms with Gasteiger partial charge >= 0.3 is 0 Å². The van der Waals surface area contributed by atoms with Crippen molar-refractivity contribution in [3.05, 3.63) is 29.6 Å². The van der Waals surface area contributed by atoms with Gasteiger partial charge in [0.15, 0.2) is 0 Å². The smallest absolute Gasteiger partial charge is 0.256 e. The highest BCUT2D eigenvalue weighted by Gasteiger charge is 2.35. The number of pyridine rings is 1. The van der Waals surface area contributed by atoms with Gasteiger partial charge < -0.3 is 9.80 Å². The Hall–Kier alpha value is -1.91. The van der Waals surface area contributed by atoms with E-state index in [1.807, 2.05) is 13.8 Å². The highest BCUT2D eigenvalue weighted by atomic mass is 16.2. The number of carbonyl (C=O) groups excluding carboxylic acids is 2. The third-order valence-electron chi connectivity index (χ3n) is 3.60. The molecule has 0 aliphatic carbocycles. The van der Waals surface area contributed by atoms with Crippen LogP contribution in [0.4, 0.5) is 0 Å². The van der Waals surface area contributed by atoms with E-state index in [2.05, 4.69) is 4.98 Å². The maximum atomic E-state index is 12.6. The van der Waals surface area contributed by atoms with E-state index >= 15 is 0 Å². The van der Waals surface area contributed by atoms with E-state index < -0.39 is 0 Å². The van der Waals surface area contributed by atoms with Gasteiger partial charge in [0.05, 0.1) is 5.56 Å². The molecule has 0 spiro atoms. The Kier molecular flexibility index (Phi) is 3.83. The lowest BCUT2D eigenvalue weighted by molar-refractivity contribution is -0.138. The first-order chi connectivity index (χ1) is 9.06. The van der Waals surface area contributed by atoms with Gasteiger partial charge in [0, 0.05) is 32.0 Å². The number of rotatable bonds is 2. The van der Waals surface area contributed by atoms with Gasteiger partial charge in [0.25, 0.3) is 5.91 Å². The predicted molar refractivity (Wildman–Crippen MR) is 71.7 cm³/mol. The minimum absolute atomic E-state index is 0.0173. The van der Waals surface area contributed by atoms with Gasteiger partial charge in [-0.1, -0.05) is 6.92 Å². The Morgan fingerprint density at radius 1 is 1.47 bits per heavy atom. The zero-order valence-corrected chi connectivity index (χ0v) is 11.6. The van der Waals surface area contributed by atoms with Crippen LogP contribution < -0.4 is 0 Å². The molecule has 1 aromatic rings. The molecule has 0 saturated carbocycles. The monoisotopic (exact) mass is 261 g/mol. The zero-order chi connectivity index (χ0) is 14.0. The van der Waals surface area contributed by atoms with E-state index in [9.17, 15) is 9.59 Å². The highest BCUT2D eigenvalue weighted by molar-refractivity contribution is 5.98. The molecule has 19 heavy (non-hydrogen) atoms. The molecule has 1 aliphatic heterocycles. The van der Waals surface area contributed by atoms with Gasteiger partial charge in [-0.15, -0.1) is 0 Å². The Labute approximate surface area is 113 Å². The summed E-state index contributed by atoms with van der Waals surface area (Å²) in [6, 6.07) is 3.16. The maximum absolute atomic E-state index is 12.6. The molecular weight excluding hydrogens is 242 g/mol. The topological polar surface area (TPSA) is 53.5 Å². The third kappa shape index (κ3) is 2.45. The van der Waals surface area contributed by atoms with Crippen molar-refractivity contribution in [1.82, 2.24) is 14.8 Å². The Morgan fingerprint density at radius 2 is 2.21 bits per heavy atom. The number of likely N-dealkylation sites (N-methyl/N-ethyl adjacent to an activating group) is 1. The van der Waals surface area contributed by atoms with Gasteiger partial charge in [0.2, 0.25) is 5.91 Å². The minimum Gasteiger partial charge on any atom is -0.342 e. The van der Waals surface area contributed by atoms with Crippen LogP contribution in [0.15, 0.2) is 18.3 Å². The molecule has 102 valence electrons. The summed E-state index contributed by atoms with van der Waals surface area (Å²) in [5, 5.41) is 0. The number of carbonyl (C=O) groups is 2. The van der Waals surface area contributed by atoms with Gasteiger partial charge in [-0.3, -0.25) is 14.6 Å². The van der Waals surface area contributed by atoms with Gasteiger partial charge in [-0.2, -0.15) is 0 Å². The van der Waals surface area contributed by atoms with Crippen LogP contribution >= 0.6 is 0 Å². The lowest BCUT2D eigenvalue weighted by Gasteiger charge is -2.38. The molecule has 1 aliphatic rings. The van der Waals surface area contributed by atoms with Crippen LogP contribution in [0.2, 0.25) is 0 Å². The fourth-order valence-corrected chi connectivity index (χ4v) is 2.41. The lowest BCUT2D eigenvalue weighted by atomic mass is 10.1. The molecule has 0 N–H and O–H groups in total. The van der Waals surface area contributed by atoms with Crippen LogP contribution in [0.3, 0.4) is 0 Å². The number of aromatic nitrogens is 1. The van der Waals surface area contributed by atoms with E-state index in [1.165, 1.54) is 0 Å². The first-order valence-corrected chi connectivity index (χ1v) is 6.53. The number of nitrogens with zero attached hydrogens (tertiary/aromatic N) is 3. The summed E-state index contributed by atoms with van der Waals surface area (Å²) in [7, 11) is 1.78. The normalized spacial score (nSPS) is 19.7. The van der Waals surface area contributed by atoms with Crippen molar-refractivity contribution in [1.29, 1.82) is 0 Å². The summed E-state index contributed by atoms with van der Waals surface area (Å²) in [6.07, 6.45) is 2.30. The molecule has 2 amide bonds. The summed E-state index contributed by atoms with van der Waals surface area (Å²) >= 11 is 0. The standard InChI is InChI=1S/C14H19N3O2/c1-4-12-14(19)16(3)8-9-17(12)13(18)11-6-5-7-15-10(11)2/h5-7,12H,4,8-9H2,1-3H3. The SMILES string of the molecule is CCC1C(=O)N(C)CCN1C(=O)c1cccnc1C. The second-order valence-corrected chi connectivity index (χ2v) is 4.82. The van der Waals surface area contributed by atoms with Crippen LogP contribution in [-0.2, 0) is 4.79 Å². The van der Waals surface area contributed by atoms with Crippen molar-refractivity contribution in [2.24, 2.45) is 0 Å². The summed E-state index contributed by atoms with van der Waals surface area (Å²) in [4.78, 5) is 32.2. The van der Waals surface area contributed by atoms with E-state index in [1.54, 1.807) is 35.2 Å². The number of hydrogen-bond donors (Lipinski definition) is 0. The Bertz CT molecular complexity index is 501.